The summed E-state index contributed by atoms with van der Waals surface area (Å²) in [5.41, 5.74) is 0.617. The van der Waals surface area contributed by atoms with Crippen LogP contribution in [0.1, 0.15) is 46.7 Å². The first-order chi connectivity index (χ1) is 15.5. The molecule has 1 aromatic carbocycles. The molecule has 2 heterocycles. The molecule has 0 radical (unpaired) electrons. The highest BCUT2D eigenvalue weighted by atomic mass is 32.1. The molecule has 3 amide bonds. The Morgan fingerprint density at radius 2 is 1.78 bits per heavy atom. The molecule has 1 fully saturated rings. The van der Waals surface area contributed by atoms with Gasteiger partial charge in [0.25, 0.3) is 11.8 Å². The molecule has 1 saturated heterocycles. The second kappa shape index (κ2) is 11.1. The highest BCUT2D eigenvalue weighted by Gasteiger charge is 2.35. The van der Waals surface area contributed by atoms with Crippen LogP contribution < -0.4 is 10.1 Å². The Morgan fingerprint density at radius 3 is 2.31 bits per heavy atom. The first-order valence-electron chi connectivity index (χ1n) is 11.0. The van der Waals surface area contributed by atoms with Gasteiger partial charge in [0.05, 0.1) is 12.0 Å². The molecule has 0 unspecified atom stereocenters. The molecule has 0 bridgehead atoms. The van der Waals surface area contributed by atoms with E-state index in [1.165, 1.54) is 11.3 Å². The topological polar surface area (TPSA) is 79.0 Å². The molecule has 32 heavy (non-hydrogen) atoms. The number of nitrogens with one attached hydrogen (secondary N) is 1. The van der Waals surface area contributed by atoms with E-state index in [4.69, 9.17) is 4.74 Å². The number of nitrogens with zero attached hydrogens (tertiary/aromatic N) is 2. The van der Waals surface area contributed by atoms with Crippen molar-refractivity contribution in [3.8, 4) is 5.75 Å². The van der Waals surface area contributed by atoms with E-state index in [9.17, 15) is 14.4 Å². The molecule has 1 aliphatic heterocycles. The Labute approximate surface area is 193 Å². The summed E-state index contributed by atoms with van der Waals surface area (Å²) in [6.45, 7) is 6.16. The Hall–Kier alpha value is -2.87. The maximum Gasteiger partial charge on any atom is 0.262 e. The maximum atomic E-state index is 13.2. The fraction of sp³-hybridized carbons (Fsp3) is 0.458. The summed E-state index contributed by atoms with van der Waals surface area (Å²) in [4.78, 5) is 43.0. The number of hydrogen-bond acceptors (Lipinski definition) is 5. The van der Waals surface area contributed by atoms with Gasteiger partial charge in [0.2, 0.25) is 5.91 Å². The maximum absolute atomic E-state index is 13.2. The van der Waals surface area contributed by atoms with Crippen LogP contribution in [0.4, 0.5) is 0 Å². The summed E-state index contributed by atoms with van der Waals surface area (Å²) >= 11 is 1.36. The monoisotopic (exact) mass is 457 g/mol. The van der Waals surface area contributed by atoms with Crippen LogP contribution >= 0.6 is 11.3 Å². The second-order valence-electron chi connectivity index (χ2n) is 7.80. The largest absolute Gasteiger partial charge is 0.497 e. The van der Waals surface area contributed by atoms with Crippen LogP contribution in [0.15, 0.2) is 41.8 Å². The van der Waals surface area contributed by atoms with Crippen molar-refractivity contribution in [1.82, 2.24) is 15.1 Å². The van der Waals surface area contributed by atoms with Crippen LogP contribution in [0, 0.1) is 5.92 Å². The quantitative estimate of drug-likeness (QED) is 0.660. The zero-order chi connectivity index (χ0) is 23.1. The van der Waals surface area contributed by atoms with Crippen molar-refractivity contribution in [1.29, 1.82) is 0 Å². The minimum Gasteiger partial charge on any atom is -0.497 e. The normalized spacial score (nSPS) is 15.2. The Balaban J connectivity index is 1.68. The van der Waals surface area contributed by atoms with Crippen molar-refractivity contribution in [2.45, 2.75) is 32.7 Å². The molecule has 0 saturated carbocycles. The van der Waals surface area contributed by atoms with Crippen molar-refractivity contribution in [2.75, 3.05) is 33.3 Å². The Bertz CT molecular complexity index is 902. The van der Waals surface area contributed by atoms with E-state index in [0.29, 0.717) is 55.2 Å². The summed E-state index contributed by atoms with van der Waals surface area (Å²) < 4.78 is 5.16. The van der Waals surface area contributed by atoms with Crippen molar-refractivity contribution in [2.24, 2.45) is 5.92 Å². The van der Waals surface area contributed by atoms with Crippen LogP contribution in [-0.2, 0) is 4.79 Å². The lowest BCUT2D eigenvalue weighted by Crippen LogP contribution is -2.54. The van der Waals surface area contributed by atoms with Crippen LogP contribution in [0.3, 0.4) is 0 Å². The number of hydrogen-bond donors (Lipinski definition) is 1. The summed E-state index contributed by atoms with van der Waals surface area (Å²) in [6, 6.07) is 10.1. The third-order valence-corrected chi connectivity index (χ3v) is 6.88. The summed E-state index contributed by atoms with van der Waals surface area (Å²) in [6.07, 6.45) is 1.31. The van der Waals surface area contributed by atoms with E-state index < -0.39 is 6.04 Å². The Kier molecular flexibility index (Phi) is 8.27. The van der Waals surface area contributed by atoms with Gasteiger partial charge in [-0.1, -0.05) is 6.07 Å². The minimum absolute atomic E-state index is 0.0214. The number of carbonyl (C=O) groups excluding carboxylic acids is 3. The molecule has 0 spiro atoms. The molecule has 3 rings (SSSR count). The number of carbonyl (C=O) groups is 3. The number of piperidine rings is 1. The van der Waals surface area contributed by atoms with Gasteiger partial charge in [0.15, 0.2) is 0 Å². The predicted octanol–water partition coefficient (Wildman–Crippen LogP) is 3.28. The fourth-order valence-corrected chi connectivity index (χ4v) is 4.71. The van der Waals surface area contributed by atoms with Gasteiger partial charge in [0, 0.05) is 31.7 Å². The summed E-state index contributed by atoms with van der Waals surface area (Å²) in [7, 11) is 1.59. The fourth-order valence-electron chi connectivity index (χ4n) is 4.09. The smallest absolute Gasteiger partial charge is 0.262 e. The standard InChI is InChI=1S/C24H31N3O4S/c1-4-26(5-2)24(30)21(25-22(28)20-7-6-16-32-20)17-12-14-27(15-13-17)23(29)18-8-10-19(31-3)11-9-18/h6-11,16-17,21H,4-5,12-15H2,1-3H3,(H,25,28)/t21-/m1/s1. The minimum atomic E-state index is -0.595. The van der Waals surface area contributed by atoms with Crippen LogP contribution in [0.25, 0.3) is 0 Å². The SMILES string of the molecule is CCN(CC)C(=O)[C@H](NC(=O)c1cccs1)C1CCN(C(=O)c2ccc(OC)cc2)CC1. The second-order valence-corrected chi connectivity index (χ2v) is 8.74. The lowest BCUT2D eigenvalue weighted by molar-refractivity contribution is -0.134. The van der Waals surface area contributed by atoms with Gasteiger partial charge in [-0.3, -0.25) is 14.4 Å². The zero-order valence-electron chi connectivity index (χ0n) is 18.9. The molecule has 2 aromatic rings. The van der Waals surface area contributed by atoms with E-state index >= 15 is 0 Å². The van der Waals surface area contributed by atoms with E-state index in [-0.39, 0.29) is 23.6 Å². The average Bonchev–Trinajstić information content (AvgIpc) is 3.38. The van der Waals surface area contributed by atoms with Gasteiger partial charge < -0.3 is 19.9 Å². The molecule has 8 heteroatoms. The summed E-state index contributed by atoms with van der Waals surface area (Å²) in [5, 5.41) is 4.84. The molecule has 7 nitrogen and oxygen atoms in total. The highest BCUT2D eigenvalue weighted by Crippen LogP contribution is 2.25. The molecule has 1 aromatic heterocycles. The zero-order valence-corrected chi connectivity index (χ0v) is 19.7. The van der Waals surface area contributed by atoms with E-state index in [1.807, 2.05) is 30.2 Å². The van der Waals surface area contributed by atoms with E-state index in [1.54, 1.807) is 42.3 Å². The third kappa shape index (κ3) is 5.48. The first-order valence-corrected chi connectivity index (χ1v) is 11.9. The van der Waals surface area contributed by atoms with Crippen molar-refractivity contribution in [3.63, 3.8) is 0 Å². The molecule has 1 aliphatic rings. The van der Waals surface area contributed by atoms with Gasteiger partial charge in [-0.05, 0) is 68.3 Å². The van der Waals surface area contributed by atoms with Gasteiger partial charge in [-0.2, -0.15) is 0 Å². The number of likely N-dealkylation sites (tertiary alicyclic amines) is 1. The number of benzene rings is 1. The number of rotatable bonds is 8. The molecular formula is C24H31N3O4S. The summed E-state index contributed by atoms with van der Waals surface area (Å²) in [5.74, 6) is 0.383. The molecule has 1 N–H and O–H groups in total. The number of thiophene rings is 1. The van der Waals surface area contributed by atoms with Crippen molar-refractivity contribution in [3.05, 3.63) is 52.2 Å². The van der Waals surface area contributed by atoms with Crippen molar-refractivity contribution < 1.29 is 19.1 Å². The lowest BCUT2D eigenvalue weighted by Gasteiger charge is -2.37. The molecule has 1 atom stereocenters. The van der Waals surface area contributed by atoms with Crippen LogP contribution in [-0.4, -0.2) is 66.9 Å². The average molecular weight is 458 g/mol. The first kappa shape index (κ1) is 23.8. The number of amides is 3. The van der Waals surface area contributed by atoms with Crippen molar-refractivity contribution >= 4 is 29.1 Å². The van der Waals surface area contributed by atoms with E-state index in [0.717, 1.165) is 0 Å². The predicted molar refractivity (Wildman–Crippen MR) is 125 cm³/mol. The number of likely N-dealkylation sites (N-methyl/N-ethyl adjacent to an activating group) is 1. The number of methoxy groups -OCH3 is 1. The lowest BCUT2D eigenvalue weighted by atomic mass is 9.88. The highest BCUT2D eigenvalue weighted by molar-refractivity contribution is 7.12. The van der Waals surface area contributed by atoms with Crippen LogP contribution in [0.5, 0.6) is 5.75 Å². The van der Waals surface area contributed by atoms with Gasteiger partial charge in [0.1, 0.15) is 11.8 Å². The van der Waals surface area contributed by atoms with E-state index in [2.05, 4.69) is 5.32 Å². The van der Waals surface area contributed by atoms with Crippen LogP contribution in [0.2, 0.25) is 0 Å². The number of ether oxygens (including phenoxy) is 1. The Morgan fingerprint density at radius 1 is 1.12 bits per heavy atom. The molecule has 0 aliphatic carbocycles. The van der Waals surface area contributed by atoms with Gasteiger partial charge in [-0.25, -0.2) is 0 Å². The van der Waals surface area contributed by atoms with Gasteiger partial charge >= 0.3 is 0 Å². The van der Waals surface area contributed by atoms with Gasteiger partial charge in [-0.15, -0.1) is 11.3 Å². The molecular weight excluding hydrogens is 426 g/mol. The molecule has 172 valence electrons. The third-order valence-electron chi connectivity index (χ3n) is 6.01.